The average Bonchev–Trinajstić information content (AvgIpc) is 2.77. The van der Waals surface area contributed by atoms with Crippen LogP contribution in [0.1, 0.15) is 18.0 Å². The number of aromatic amines is 1. The van der Waals surface area contributed by atoms with Crippen molar-refractivity contribution >= 4 is 7.60 Å². The summed E-state index contributed by atoms with van der Waals surface area (Å²) in [6, 6.07) is -0.784. The molecule has 1 aromatic heterocycles. The first-order valence-electron chi connectivity index (χ1n) is 6.60. The molecule has 1 unspecified atom stereocenters. The third kappa shape index (κ3) is 3.59. The van der Waals surface area contributed by atoms with Crippen LogP contribution in [0.25, 0.3) is 0 Å². The quantitative estimate of drug-likeness (QED) is 0.533. The van der Waals surface area contributed by atoms with E-state index in [2.05, 4.69) is 11.6 Å². The molecule has 1 heterocycles. The molecule has 1 aromatic rings. The predicted octanol–water partition coefficient (Wildman–Crippen LogP) is 0.720. The molecule has 0 bridgehead atoms. The minimum Gasteiger partial charge on any atom is -0.351 e. The predicted molar refractivity (Wildman–Crippen MR) is 79.8 cm³/mol. The highest BCUT2D eigenvalue weighted by molar-refractivity contribution is 7.51. The first-order chi connectivity index (χ1) is 10.6. The van der Waals surface area contributed by atoms with Gasteiger partial charge in [0.1, 0.15) is 17.8 Å². The van der Waals surface area contributed by atoms with Gasteiger partial charge in [0, 0.05) is 18.2 Å². The number of halogens is 1. The lowest BCUT2D eigenvalue weighted by Gasteiger charge is -2.26. The molecule has 0 saturated carbocycles. The highest BCUT2D eigenvalue weighted by Crippen LogP contribution is 2.44. The third-order valence-corrected chi connectivity index (χ3v) is 4.04. The van der Waals surface area contributed by atoms with Crippen LogP contribution in [0.5, 0.6) is 0 Å². The van der Waals surface area contributed by atoms with Crippen molar-refractivity contribution in [2.75, 3.05) is 6.35 Å². The summed E-state index contributed by atoms with van der Waals surface area (Å²) in [6.45, 7) is 4.94. The number of rotatable bonds is 5. The molecule has 0 spiro atoms. The monoisotopic (exact) mass is 346 g/mol. The maximum absolute atomic E-state index is 14.3. The number of allylic oxidation sites excluding steroid dienone is 1. The van der Waals surface area contributed by atoms with Gasteiger partial charge in [-0.3, -0.25) is 18.9 Å². The van der Waals surface area contributed by atoms with E-state index in [0.29, 0.717) is 0 Å². The third-order valence-electron chi connectivity index (χ3n) is 3.58. The van der Waals surface area contributed by atoms with Crippen molar-refractivity contribution in [2.45, 2.75) is 25.0 Å². The van der Waals surface area contributed by atoms with Crippen LogP contribution in [-0.4, -0.2) is 31.3 Å². The molecule has 126 valence electrons. The van der Waals surface area contributed by atoms with Gasteiger partial charge in [-0.1, -0.05) is 12.7 Å². The van der Waals surface area contributed by atoms with Crippen molar-refractivity contribution in [1.29, 1.82) is 0 Å². The number of ether oxygens (including phenoxy) is 1. The summed E-state index contributed by atoms with van der Waals surface area (Å²) in [5.41, 5.74) is -2.72. The average molecular weight is 346 g/mol. The van der Waals surface area contributed by atoms with Crippen molar-refractivity contribution in [3.63, 3.8) is 0 Å². The lowest BCUT2D eigenvalue weighted by atomic mass is 10.0. The topological polar surface area (TPSA) is 122 Å². The SMILES string of the molecule is C=C[C@]1(OCP(=O)(O)O)CC(n2cc(C)c(=O)[nH]c2=O)C=C1F. The Bertz CT molecular complexity index is 822. The maximum Gasteiger partial charge on any atom is 0.351 e. The van der Waals surface area contributed by atoms with Crippen molar-refractivity contribution in [3.8, 4) is 0 Å². The summed E-state index contributed by atoms with van der Waals surface area (Å²) in [6.07, 6.45) is 2.39. The van der Waals surface area contributed by atoms with Crippen LogP contribution >= 0.6 is 7.60 Å². The molecule has 2 atom stereocenters. The summed E-state index contributed by atoms with van der Waals surface area (Å²) in [7, 11) is -4.50. The van der Waals surface area contributed by atoms with Gasteiger partial charge in [-0.15, -0.1) is 0 Å². The number of H-pyrrole nitrogens is 1. The summed E-state index contributed by atoms with van der Waals surface area (Å²) in [5.74, 6) is -0.804. The van der Waals surface area contributed by atoms with Gasteiger partial charge in [-0.2, -0.15) is 0 Å². The van der Waals surface area contributed by atoms with Gasteiger partial charge in [-0.25, -0.2) is 9.18 Å². The van der Waals surface area contributed by atoms with E-state index in [-0.39, 0.29) is 12.0 Å². The Morgan fingerprint density at radius 3 is 2.83 bits per heavy atom. The first-order valence-corrected chi connectivity index (χ1v) is 8.40. The van der Waals surface area contributed by atoms with Gasteiger partial charge in [0.25, 0.3) is 5.56 Å². The van der Waals surface area contributed by atoms with E-state index in [9.17, 15) is 18.5 Å². The smallest absolute Gasteiger partial charge is 0.351 e. The number of hydrogen-bond donors (Lipinski definition) is 3. The Balaban J connectivity index is 2.35. The molecule has 0 radical (unpaired) electrons. The van der Waals surface area contributed by atoms with Crippen LogP contribution in [0.4, 0.5) is 4.39 Å². The molecule has 3 N–H and O–H groups in total. The summed E-state index contributed by atoms with van der Waals surface area (Å²) >= 11 is 0. The molecule has 10 heteroatoms. The fourth-order valence-corrected chi connectivity index (χ4v) is 2.75. The molecule has 1 aliphatic carbocycles. The highest BCUT2D eigenvalue weighted by Gasteiger charge is 2.43. The van der Waals surface area contributed by atoms with Crippen LogP contribution in [0.3, 0.4) is 0 Å². The zero-order valence-electron chi connectivity index (χ0n) is 12.2. The molecule has 0 saturated heterocycles. The molecule has 2 rings (SSSR count). The maximum atomic E-state index is 14.3. The van der Waals surface area contributed by atoms with Gasteiger partial charge in [0.05, 0.1) is 6.04 Å². The van der Waals surface area contributed by atoms with Gasteiger partial charge in [0.2, 0.25) is 0 Å². The molecule has 0 aliphatic heterocycles. The normalized spacial score (nSPS) is 24.5. The second-order valence-electron chi connectivity index (χ2n) is 5.30. The van der Waals surface area contributed by atoms with E-state index in [1.807, 2.05) is 0 Å². The number of nitrogens with one attached hydrogen (secondary N) is 1. The van der Waals surface area contributed by atoms with Crippen LogP contribution in [0, 0.1) is 6.92 Å². The second-order valence-corrected chi connectivity index (χ2v) is 6.88. The lowest BCUT2D eigenvalue weighted by molar-refractivity contribution is 0.0207. The minimum atomic E-state index is -4.50. The van der Waals surface area contributed by atoms with Crippen LogP contribution < -0.4 is 11.2 Å². The highest BCUT2D eigenvalue weighted by atomic mass is 31.2. The number of nitrogens with zero attached hydrogens (tertiary/aromatic N) is 1. The molecule has 23 heavy (non-hydrogen) atoms. The summed E-state index contributed by atoms with van der Waals surface area (Å²) in [4.78, 5) is 43.1. The molecule has 0 amide bonds. The lowest BCUT2D eigenvalue weighted by Crippen LogP contribution is -2.35. The molecule has 0 fully saturated rings. The van der Waals surface area contributed by atoms with Gasteiger partial charge >= 0.3 is 13.3 Å². The van der Waals surface area contributed by atoms with Gasteiger partial charge < -0.3 is 14.5 Å². The van der Waals surface area contributed by atoms with Crippen LogP contribution in [0.15, 0.2) is 40.3 Å². The zero-order chi connectivity index (χ0) is 17.4. The van der Waals surface area contributed by atoms with Crippen molar-refractivity contribution < 1.29 is 23.5 Å². The molecule has 8 nitrogen and oxygen atoms in total. The van der Waals surface area contributed by atoms with Crippen molar-refractivity contribution in [3.05, 3.63) is 57.2 Å². The summed E-state index contributed by atoms with van der Waals surface area (Å²) in [5, 5.41) is 0. The number of aryl methyl sites for hydroxylation is 1. The Morgan fingerprint density at radius 2 is 2.26 bits per heavy atom. The van der Waals surface area contributed by atoms with Gasteiger partial charge in [-0.05, 0) is 13.0 Å². The van der Waals surface area contributed by atoms with Crippen LogP contribution in [0.2, 0.25) is 0 Å². The standard InChI is InChI=1S/C13H16FN2O6P/c1-3-13(22-7-23(19,20)21)5-9(4-10(13)14)16-6-8(2)11(17)15-12(16)18/h3-4,6,9H,1,5,7H2,2H3,(H,15,17,18)(H2,19,20,21)/t9?,13-/m0/s1. The Morgan fingerprint density at radius 1 is 1.61 bits per heavy atom. The fourth-order valence-electron chi connectivity index (χ4n) is 2.36. The first kappa shape index (κ1) is 17.6. The minimum absolute atomic E-state index is 0.117. The van der Waals surface area contributed by atoms with Crippen LogP contribution in [-0.2, 0) is 9.30 Å². The Labute approximate surface area is 130 Å². The van der Waals surface area contributed by atoms with E-state index in [0.717, 1.165) is 16.7 Å². The number of hydrogen-bond acceptors (Lipinski definition) is 4. The van der Waals surface area contributed by atoms with E-state index in [1.54, 1.807) is 0 Å². The number of aromatic nitrogens is 2. The van der Waals surface area contributed by atoms with Crippen molar-refractivity contribution in [1.82, 2.24) is 9.55 Å². The molecular weight excluding hydrogens is 330 g/mol. The van der Waals surface area contributed by atoms with E-state index >= 15 is 0 Å². The molecular formula is C13H16FN2O6P. The second kappa shape index (κ2) is 6.01. The fraction of sp³-hybridized carbons (Fsp3) is 0.385. The van der Waals surface area contributed by atoms with Crippen molar-refractivity contribution in [2.24, 2.45) is 0 Å². The Kier molecular flexibility index (Phi) is 4.59. The molecule has 0 aromatic carbocycles. The van der Waals surface area contributed by atoms with E-state index in [1.165, 1.54) is 13.1 Å². The zero-order valence-corrected chi connectivity index (χ0v) is 13.1. The summed E-state index contributed by atoms with van der Waals surface area (Å²) < 4.78 is 31.4. The largest absolute Gasteiger partial charge is 0.351 e. The Hall–Kier alpha value is -1.80. The molecule has 1 aliphatic rings. The van der Waals surface area contributed by atoms with Gasteiger partial charge in [0.15, 0.2) is 0 Å². The van der Waals surface area contributed by atoms with E-state index in [4.69, 9.17) is 14.5 Å². The van der Waals surface area contributed by atoms with E-state index < -0.39 is 42.7 Å².